The smallest absolute Gasteiger partial charge is 0.231 e. The third-order valence-corrected chi connectivity index (χ3v) is 5.80. The Morgan fingerprint density at radius 1 is 0.963 bits per heavy atom. The van der Waals surface area contributed by atoms with E-state index in [-0.39, 0.29) is 6.79 Å². The molecule has 0 saturated heterocycles. The molecule has 138 valence electrons. The summed E-state index contributed by atoms with van der Waals surface area (Å²) < 4.78 is 22.4. The maximum atomic E-state index is 5.64. The summed E-state index contributed by atoms with van der Waals surface area (Å²) in [5, 5.41) is 0. The minimum Gasteiger partial charge on any atom is -0.454 e. The molecule has 0 bridgehead atoms. The van der Waals surface area contributed by atoms with Crippen LogP contribution in [-0.2, 0) is 6.42 Å². The first-order chi connectivity index (χ1) is 13.2. The first-order valence-corrected chi connectivity index (χ1v) is 9.36. The standard InChI is InChI=1S/C23H22O4/c1-4-15-7-19-21(26-11-24-19)9-17(15)14(3)23-13(2)5-6-16-8-20-22(10-18(16)23)27-12-25-20/h4,7-10,13H,1,5-6,11-12H2,2-3H3/b23-14+. The Labute approximate surface area is 159 Å². The van der Waals surface area contributed by atoms with Gasteiger partial charge < -0.3 is 18.9 Å². The zero-order valence-corrected chi connectivity index (χ0v) is 15.6. The van der Waals surface area contributed by atoms with Crippen LogP contribution >= 0.6 is 0 Å². The molecule has 2 aliphatic heterocycles. The summed E-state index contributed by atoms with van der Waals surface area (Å²) in [4.78, 5) is 0. The van der Waals surface area contributed by atoms with E-state index in [1.807, 2.05) is 12.1 Å². The highest BCUT2D eigenvalue weighted by atomic mass is 16.7. The zero-order chi connectivity index (χ0) is 18.5. The first-order valence-electron chi connectivity index (χ1n) is 9.36. The highest BCUT2D eigenvalue weighted by molar-refractivity contribution is 5.95. The van der Waals surface area contributed by atoms with Crippen LogP contribution < -0.4 is 18.9 Å². The molecule has 1 atom stereocenters. The van der Waals surface area contributed by atoms with E-state index in [4.69, 9.17) is 18.9 Å². The molecule has 0 fully saturated rings. The molecule has 0 amide bonds. The average Bonchev–Trinajstić information content (AvgIpc) is 3.32. The quantitative estimate of drug-likeness (QED) is 0.726. The fourth-order valence-corrected chi connectivity index (χ4v) is 4.39. The number of hydrogen-bond acceptors (Lipinski definition) is 4. The van der Waals surface area contributed by atoms with Crippen molar-refractivity contribution in [3.63, 3.8) is 0 Å². The van der Waals surface area contributed by atoms with Crippen LogP contribution in [0.1, 0.15) is 42.5 Å². The van der Waals surface area contributed by atoms with Crippen molar-refractivity contribution in [1.29, 1.82) is 0 Å². The highest BCUT2D eigenvalue weighted by Crippen LogP contribution is 2.47. The van der Waals surface area contributed by atoms with Crippen molar-refractivity contribution in [1.82, 2.24) is 0 Å². The number of aryl methyl sites for hydroxylation is 1. The van der Waals surface area contributed by atoms with E-state index in [1.165, 1.54) is 22.3 Å². The largest absolute Gasteiger partial charge is 0.454 e. The summed E-state index contributed by atoms with van der Waals surface area (Å²) in [6.45, 7) is 9.06. The third kappa shape index (κ3) is 2.51. The summed E-state index contributed by atoms with van der Waals surface area (Å²) in [5.41, 5.74) is 7.40. The topological polar surface area (TPSA) is 36.9 Å². The molecule has 0 radical (unpaired) electrons. The second kappa shape index (κ2) is 6.08. The first kappa shape index (κ1) is 16.3. The molecule has 2 heterocycles. The summed E-state index contributed by atoms with van der Waals surface area (Å²) in [6, 6.07) is 8.38. The minimum absolute atomic E-state index is 0.272. The van der Waals surface area contributed by atoms with Gasteiger partial charge in [0.1, 0.15) is 0 Å². The number of rotatable bonds is 2. The van der Waals surface area contributed by atoms with Gasteiger partial charge in [-0.2, -0.15) is 0 Å². The van der Waals surface area contributed by atoms with Crippen LogP contribution in [0.2, 0.25) is 0 Å². The van der Waals surface area contributed by atoms with Gasteiger partial charge in [-0.05, 0) is 83.3 Å². The summed E-state index contributed by atoms with van der Waals surface area (Å²) in [7, 11) is 0. The van der Waals surface area contributed by atoms with Gasteiger partial charge in [-0.3, -0.25) is 0 Å². The molecular weight excluding hydrogens is 340 g/mol. The molecule has 4 heteroatoms. The van der Waals surface area contributed by atoms with Gasteiger partial charge in [-0.1, -0.05) is 19.6 Å². The SMILES string of the molecule is C=Cc1cc2c(cc1/C(C)=C1/c3cc4c(cc3CCC1C)OCO4)OCO2. The van der Waals surface area contributed by atoms with E-state index in [0.29, 0.717) is 12.7 Å². The molecule has 27 heavy (non-hydrogen) atoms. The monoisotopic (exact) mass is 362 g/mol. The van der Waals surface area contributed by atoms with Crippen molar-refractivity contribution in [3.05, 3.63) is 53.1 Å². The van der Waals surface area contributed by atoms with E-state index >= 15 is 0 Å². The lowest BCUT2D eigenvalue weighted by molar-refractivity contribution is 0.173. The molecule has 0 spiro atoms. The van der Waals surface area contributed by atoms with E-state index in [1.54, 1.807) is 0 Å². The molecule has 1 unspecified atom stereocenters. The van der Waals surface area contributed by atoms with Crippen LogP contribution in [0, 0.1) is 5.92 Å². The molecule has 2 aromatic rings. The molecule has 0 aromatic heterocycles. The number of fused-ring (bicyclic) bond motifs is 3. The van der Waals surface area contributed by atoms with Crippen molar-refractivity contribution in [2.75, 3.05) is 13.6 Å². The summed E-state index contributed by atoms with van der Waals surface area (Å²) in [6.07, 6.45) is 4.06. The zero-order valence-electron chi connectivity index (χ0n) is 15.6. The van der Waals surface area contributed by atoms with Gasteiger partial charge in [0.25, 0.3) is 0 Å². The van der Waals surface area contributed by atoms with Crippen molar-refractivity contribution >= 4 is 17.2 Å². The van der Waals surface area contributed by atoms with Crippen LogP contribution in [0.25, 0.3) is 17.2 Å². The lowest BCUT2D eigenvalue weighted by Gasteiger charge is -2.28. The molecule has 3 aliphatic rings. The Morgan fingerprint density at radius 3 is 2.30 bits per heavy atom. The summed E-state index contributed by atoms with van der Waals surface area (Å²) >= 11 is 0. The number of hydrogen-bond donors (Lipinski definition) is 0. The van der Waals surface area contributed by atoms with Gasteiger partial charge in [0.05, 0.1) is 0 Å². The lowest BCUT2D eigenvalue weighted by Crippen LogP contribution is -2.12. The Balaban J connectivity index is 1.72. The van der Waals surface area contributed by atoms with Crippen LogP contribution in [0.3, 0.4) is 0 Å². The Hall–Kier alpha value is -2.88. The van der Waals surface area contributed by atoms with Gasteiger partial charge in [0, 0.05) is 0 Å². The predicted octanol–water partition coefficient (Wildman–Crippen LogP) is 5.30. The summed E-state index contributed by atoms with van der Waals surface area (Å²) in [5.74, 6) is 3.73. The Morgan fingerprint density at radius 2 is 1.59 bits per heavy atom. The van der Waals surface area contributed by atoms with Crippen LogP contribution in [0.4, 0.5) is 0 Å². The van der Waals surface area contributed by atoms with Gasteiger partial charge in [0.2, 0.25) is 13.6 Å². The van der Waals surface area contributed by atoms with E-state index < -0.39 is 0 Å². The lowest BCUT2D eigenvalue weighted by atomic mass is 9.76. The molecule has 5 rings (SSSR count). The number of benzene rings is 2. The highest BCUT2D eigenvalue weighted by Gasteiger charge is 2.28. The molecule has 4 nitrogen and oxygen atoms in total. The van der Waals surface area contributed by atoms with Crippen LogP contribution in [0.5, 0.6) is 23.0 Å². The molecule has 2 aromatic carbocycles. The van der Waals surface area contributed by atoms with E-state index in [2.05, 4.69) is 38.6 Å². The van der Waals surface area contributed by atoms with Crippen molar-refractivity contribution in [3.8, 4) is 23.0 Å². The Bertz CT molecular complexity index is 986. The van der Waals surface area contributed by atoms with Gasteiger partial charge in [-0.25, -0.2) is 0 Å². The Kier molecular flexibility index (Phi) is 3.67. The van der Waals surface area contributed by atoms with Crippen molar-refractivity contribution in [2.45, 2.75) is 26.7 Å². The van der Waals surface area contributed by atoms with Crippen LogP contribution in [0.15, 0.2) is 30.8 Å². The predicted molar refractivity (Wildman–Crippen MR) is 105 cm³/mol. The van der Waals surface area contributed by atoms with Gasteiger partial charge >= 0.3 is 0 Å². The molecular formula is C23H22O4. The second-order valence-electron chi connectivity index (χ2n) is 7.34. The molecule has 0 saturated carbocycles. The number of allylic oxidation sites excluding steroid dienone is 2. The van der Waals surface area contributed by atoms with E-state index in [0.717, 1.165) is 47.0 Å². The van der Waals surface area contributed by atoms with Crippen molar-refractivity contribution in [2.24, 2.45) is 5.92 Å². The maximum absolute atomic E-state index is 5.64. The second-order valence-corrected chi connectivity index (χ2v) is 7.34. The molecule has 1 aliphatic carbocycles. The van der Waals surface area contributed by atoms with Gasteiger partial charge in [-0.15, -0.1) is 0 Å². The fraction of sp³-hybridized carbons (Fsp3) is 0.304. The van der Waals surface area contributed by atoms with Crippen molar-refractivity contribution < 1.29 is 18.9 Å². The minimum atomic E-state index is 0.272. The van der Waals surface area contributed by atoms with E-state index in [9.17, 15) is 0 Å². The van der Waals surface area contributed by atoms with Gasteiger partial charge in [0.15, 0.2) is 23.0 Å². The average molecular weight is 362 g/mol. The number of ether oxygens (including phenoxy) is 4. The third-order valence-electron chi connectivity index (χ3n) is 5.80. The normalized spacial score (nSPS) is 21.0. The van der Waals surface area contributed by atoms with Crippen LogP contribution in [-0.4, -0.2) is 13.6 Å². The molecule has 0 N–H and O–H groups in total. The maximum Gasteiger partial charge on any atom is 0.231 e. The fourth-order valence-electron chi connectivity index (χ4n) is 4.39.